The van der Waals surface area contributed by atoms with E-state index in [1.54, 1.807) is 6.07 Å². The Kier molecular flexibility index (Phi) is 3.08. The van der Waals surface area contributed by atoms with Gasteiger partial charge in [0.05, 0.1) is 0 Å². The quantitative estimate of drug-likeness (QED) is 0.463. The number of nitrogens with one attached hydrogen (secondary N) is 1. The van der Waals surface area contributed by atoms with E-state index in [4.69, 9.17) is 0 Å². The molecule has 0 radical (unpaired) electrons. The molecule has 80 valence electrons. The van der Waals surface area contributed by atoms with Gasteiger partial charge in [-0.15, -0.1) is 0 Å². The predicted octanol–water partition coefficient (Wildman–Crippen LogP) is 1.51. The molecule has 1 N–H and O–H groups in total. The van der Waals surface area contributed by atoms with Gasteiger partial charge in [-0.25, -0.2) is 0 Å². The monoisotopic (exact) mass is 217 g/mol. The summed E-state index contributed by atoms with van der Waals surface area (Å²) in [5.74, 6) is -2.90. The van der Waals surface area contributed by atoms with Gasteiger partial charge < -0.3 is 0 Å². The molecule has 0 aromatic heterocycles. The van der Waals surface area contributed by atoms with Crippen molar-refractivity contribution in [1.82, 2.24) is 5.32 Å². The molecular formula is C9H6F3NO2. The molecule has 1 aromatic carbocycles. The van der Waals surface area contributed by atoms with Crippen molar-refractivity contribution in [2.45, 2.75) is 6.30 Å². The molecular weight excluding hydrogens is 211 g/mol. The van der Waals surface area contributed by atoms with Crippen molar-refractivity contribution in [3.63, 3.8) is 0 Å². The van der Waals surface area contributed by atoms with Gasteiger partial charge >= 0.3 is 6.30 Å². The van der Waals surface area contributed by atoms with Gasteiger partial charge in [0.1, 0.15) is 0 Å². The third-order valence-corrected chi connectivity index (χ3v) is 1.50. The fourth-order valence-corrected chi connectivity index (χ4v) is 0.906. The molecule has 0 saturated carbocycles. The average Bonchev–Trinajstić information content (AvgIpc) is 2.15. The van der Waals surface area contributed by atoms with E-state index in [2.05, 4.69) is 0 Å². The first kappa shape index (κ1) is 11.2. The number of carbonyl (C=O) groups excluding carboxylic acids is 2. The van der Waals surface area contributed by atoms with Crippen molar-refractivity contribution < 1.29 is 22.8 Å². The lowest BCUT2D eigenvalue weighted by Crippen LogP contribution is -2.41. The van der Waals surface area contributed by atoms with Gasteiger partial charge in [0.2, 0.25) is 5.78 Å². The highest BCUT2D eigenvalue weighted by Gasteiger charge is 2.33. The Labute approximate surface area is 82.9 Å². The summed E-state index contributed by atoms with van der Waals surface area (Å²) in [6.07, 6.45) is -4.89. The van der Waals surface area contributed by atoms with Crippen LogP contribution in [-0.4, -0.2) is 18.0 Å². The molecule has 0 bridgehead atoms. The van der Waals surface area contributed by atoms with Crippen LogP contribution < -0.4 is 5.32 Å². The smallest absolute Gasteiger partial charge is 0.283 e. The molecule has 0 aliphatic rings. The number of benzene rings is 1. The Morgan fingerprint density at radius 3 is 2.07 bits per heavy atom. The summed E-state index contributed by atoms with van der Waals surface area (Å²) in [5, 5.41) is 0.629. The number of halogens is 3. The molecule has 0 aliphatic heterocycles. The van der Waals surface area contributed by atoms with Crippen LogP contribution in [0.25, 0.3) is 0 Å². The number of hydrogen-bond donors (Lipinski definition) is 1. The van der Waals surface area contributed by atoms with Gasteiger partial charge in [-0.05, 0) is 0 Å². The van der Waals surface area contributed by atoms with Crippen LogP contribution in [0.15, 0.2) is 30.3 Å². The van der Waals surface area contributed by atoms with E-state index in [1.165, 1.54) is 24.3 Å². The van der Waals surface area contributed by atoms with Crippen molar-refractivity contribution >= 4 is 11.7 Å². The number of ketones is 1. The number of amides is 1. The summed E-state index contributed by atoms with van der Waals surface area (Å²) in [6, 6.07) is 7.01. The van der Waals surface area contributed by atoms with E-state index in [9.17, 15) is 22.8 Å². The van der Waals surface area contributed by atoms with Crippen LogP contribution >= 0.6 is 0 Å². The minimum atomic E-state index is -4.89. The van der Waals surface area contributed by atoms with Crippen LogP contribution in [0, 0.1) is 0 Å². The zero-order valence-electron chi connectivity index (χ0n) is 7.34. The van der Waals surface area contributed by atoms with Gasteiger partial charge in [-0.2, -0.15) is 13.2 Å². The average molecular weight is 217 g/mol. The lowest BCUT2D eigenvalue weighted by Gasteiger charge is -2.06. The van der Waals surface area contributed by atoms with E-state index in [1.807, 2.05) is 0 Å². The maximum absolute atomic E-state index is 11.7. The first-order valence-electron chi connectivity index (χ1n) is 3.89. The van der Waals surface area contributed by atoms with Gasteiger partial charge in [-0.1, -0.05) is 30.3 Å². The number of carbonyl (C=O) groups is 2. The van der Waals surface area contributed by atoms with E-state index < -0.39 is 18.0 Å². The van der Waals surface area contributed by atoms with Crippen molar-refractivity contribution in [2.24, 2.45) is 0 Å². The van der Waals surface area contributed by atoms with Gasteiger partial charge in [0, 0.05) is 5.56 Å². The summed E-state index contributed by atoms with van der Waals surface area (Å²) in [7, 11) is 0. The van der Waals surface area contributed by atoms with Gasteiger partial charge in [0.15, 0.2) is 0 Å². The first-order chi connectivity index (χ1) is 6.90. The molecule has 0 atom stereocenters. The van der Waals surface area contributed by atoms with Crippen molar-refractivity contribution in [2.75, 3.05) is 0 Å². The van der Waals surface area contributed by atoms with E-state index in [-0.39, 0.29) is 5.56 Å². The highest BCUT2D eigenvalue weighted by Crippen LogP contribution is 2.10. The molecule has 0 aliphatic carbocycles. The fourth-order valence-electron chi connectivity index (χ4n) is 0.906. The third-order valence-electron chi connectivity index (χ3n) is 1.50. The van der Waals surface area contributed by atoms with Gasteiger partial charge in [0.25, 0.3) is 5.91 Å². The third kappa shape index (κ3) is 3.41. The Hall–Kier alpha value is -1.85. The molecule has 0 fully saturated rings. The van der Waals surface area contributed by atoms with E-state index in [0.29, 0.717) is 5.32 Å². The zero-order chi connectivity index (χ0) is 11.5. The van der Waals surface area contributed by atoms with Crippen molar-refractivity contribution in [3.05, 3.63) is 35.9 Å². The topological polar surface area (TPSA) is 46.2 Å². The molecule has 1 rings (SSSR count). The van der Waals surface area contributed by atoms with E-state index >= 15 is 0 Å². The van der Waals surface area contributed by atoms with Crippen LogP contribution in [0.4, 0.5) is 13.2 Å². The lowest BCUT2D eigenvalue weighted by atomic mass is 10.1. The normalized spacial score (nSPS) is 10.9. The molecule has 15 heavy (non-hydrogen) atoms. The first-order valence-corrected chi connectivity index (χ1v) is 3.89. The number of alkyl halides is 3. The highest BCUT2D eigenvalue weighted by molar-refractivity contribution is 6.42. The molecule has 0 saturated heterocycles. The van der Waals surface area contributed by atoms with Crippen LogP contribution in [0.5, 0.6) is 0 Å². The van der Waals surface area contributed by atoms with Crippen LogP contribution in [0.3, 0.4) is 0 Å². The largest absolute Gasteiger partial charge is 0.484 e. The number of Topliss-reactive ketones (excluding diaryl/α,β-unsaturated/α-hetero) is 1. The summed E-state index contributed by atoms with van der Waals surface area (Å²) >= 11 is 0. The zero-order valence-corrected chi connectivity index (χ0v) is 7.34. The summed E-state index contributed by atoms with van der Waals surface area (Å²) in [4.78, 5) is 21.9. The van der Waals surface area contributed by atoms with Crippen LogP contribution in [-0.2, 0) is 4.79 Å². The number of rotatable bonds is 2. The Bertz CT molecular complexity index is 373. The Morgan fingerprint density at radius 1 is 1.07 bits per heavy atom. The van der Waals surface area contributed by atoms with Crippen LogP contribution in [0.2, 0.25) is 0 Å². The molecule has 3 nitrogen and oxygen atoms in total. The van der Waals surface area contributed by atoms with E-state index in [0.717, 1.165) is 0 Å². The lowest BCUT2D eigenvalue weighted by molar-refractivity contribution is -0.166. The molecule has 1 amide bonds. The molecule has 0 unspecified atom stereocenters. The molecule has 1 aromatic rings. The van der Waals surface area contributed by atoms with Crippen LogP contribution in [0.1, 0.15) is 10.4 Å². The SMILES string of the molecule is O=C(NC(F)(F)F)C(=O)c1ccccc1. The fraction of sp³-hybridized carbons (Fsp3) is 0.111. The minimum absolute atomic E-state index is 0.0840. The summed E-state index contributed by atoms with van der Waals surface area (Å²) < 4.78 is 35.1. The Morgan fingerprint density at radius 2 is 1.60 bits per heavy atom. The summed E-state index contributed by atoms with van der Waals surface area (Å²) in [6.45, 7) is 0. The second kappa shape index (κ2) is 4.12. The predicted molar refractivity (Wildman–Crippen MR) is 45.0 cm³/mol. The molecule has 6 heteroatoms. The highest BCUT2D eigenvalue weighted by atomic mass is 19.4. The maximum Gasteiger partial charge on any atom is 0.484 e. The molecule has 0 heterocycles. The second-order valence-electron chi connectivity index (χ2n) is 2.65. The van der Waals surface area contributed by atoms with Crippen molar-refractivity contribution in [3.8, 4) is 0 Å². The van der Waals surface area contributed by atoms with Gasteiger partial charge in [-0.3, -0.25) is 14.9 Å². The summed E-state index contributed by atoms with van der Waals surface area (Å²) in [5.41, 5.74) is -0.0840. The maximum atomic E-state index is 11.7. The standard InChI is InChI=1S/C9H6F3NO2/c10-9(11,12)13-8(15)7(14)6-4-2-1-3-5-6/h1-5H,(H,13,15). The Balaban J connectivity index is 2.75. The number of hydrogen-bond acceptors (Lipinski definition) is 2. The molecule has 0 spiro atoms. The second-order valence-corrected chi connectivity index (χ2v) is 2.65. The minimum Gasteiger partial charge on any atom is -0.283 e. The van der Waals surface area contributed by atoms with Crippen molar-refractivity contribution in [1.29, 1.82) is 0 Å².